The minimum atomic E-state index is -0.706. The van der Waals surface area contributed by atoms with Gasteiger partial charge in [-0.15, -0.1) is 0 Å². The summed E-state index contributed by atoms with van der Waals surface area (Å²) in [7, 11) is 1.67. The molecule has 0 spiro atoms. The molecule has 10 heteroatoms. The summed E-state index contributed by atoms with van der Waals surface area (Å²) in [6.07, 6.45) is 6.11. The predicted molar refractivity (Wildman–Crippen MR) is 147 cm³/mol. The van der Waals surface area contributed by atoms with Crippen LogP contribution in [0.2, 0.25) is 0 Å². The van der Waals surface area contributed by atoms with E-state index in [1.54, 1.807) is 19.3 Å². The molecule has 1 atom stereocenters. The number of aliphatic hydroxyl groups excluding tert-OH is 1. The average Bonchev–Trinajstić information content (AvgIpc) is 2.95. The van der Waals surface area contributed by atoms with E-state index in [0.717, 1.165) is 80.5 Å². The Balaban J connectivity index is 1.12. The van der Waals surface area contributed by atoms with Crippen molar-refractivity contribution >= 4 is 34.0 Å². The number of piperazine rings is 1. The van der Waals surface area contributed by atoms with E-state index in [-0.39, 0.29) is 5.39 Å². The van der Waals surface area contributed by atoms with Crippen molar-refractivity contribution in [2.45, 2.75) is 25.1 Å². The summed E-state index contributed by atoms with van der Waals surface area (Å²) in [6, 6.07) is 7.46. The summed E-state index contributed by atoms with van der Waals surface area (Å²) in [6.45, 7) is 5.20. The predicted octanol–water partition coefficient (Wildman–Crippen LogP) is 2.93. The van der Waals surface area contributed by atoms with E-state index >= 15 is 0 Å². The first kappa shape index (κ1) is 24.6. The standard InChI is InChI=1S/C28H32FN5O4/c1-38-19-14-17-2-5-24(36)31-26(17)22(15-19)34-12-10-32(11-13-34)18-6-8-33(9-7-18)21-4-3-20(29)25-27(21)30-16-23(35)28(25)37/h2-5,14-16,18,24,31,35-36H,6-13H2,1H3,(H,30,37). The second-order valence-corrected chi connectivity index (χ2v) is 10.1. The second kappa shape index (κ2) is 9.85. The van der Waals surface area contributed by atoms with Crippen molar-refractivity contribution in [2.24, 2.45) is 0 Å². The lowest BCUT2D eigenvalue weighted by atomic mass is 10.0. The molecule has 1 aromatic heterocycles. The Hall–Kier alpha value is -3.76. The first-order chi connectivity index (χ1) is 18.4. The third-order valence-electron chi connectivity index (χ3n) is 8.03. The maximum atomic E-state index is 14.4. The summed E-state index contributed by atoms with van der Waals surface area (Å²) in [5, 5.41) is 23.0. The van der Waals surface area contributed by atoms with Gasteiger partial charge in [-0.05, 0) is 37.1 Å². The number of hydrogen-bond acceptors (Lipinski definition) is 8. The molecule has 2 saturated heterocycles. The van der Waals surface area contributed by atoms with E-state index in [0.29, 0.717) is 11.6 Å². The lowest BCUT2D eigenvalue weighted by Gasteiger charge is -2.44. The number of aromatic hydroxyl groups is 1. The highest BCUT2D eigenvalue weighted by atomic mass is 19.1. The molecular formula is C28H32FN5O4. The SMILES string of the molecule is COc1cc2c(c(N3CCN(C4CCN(c5ccc(F)c6c(=O)c(O)c[nH]c56)CC4)CC3)c1)NC(O)C=C2. The van der Waals surface area contributed by atoms with Gasteiger partial charge in [-0.3, -0.25) is 9.69 Å². The summed E-state index contributed by atoms with van der Waals surface area (Å²) < 4.78 is 19.9. The lowest BCUT2D eigenvalue weighted by Crippen LogP contribution is -2.53. The minimum absolute atomic E-state index is 0.0991. The Kier molecular flexibility index (Phi) is 6.37. The second-order valence-electron chi connectivity index (χ2n) is 10.1. The lowest BCUT2D eigenvalue weighted by molar-refractivity contribution is 0.160. The van der Waals surface area contributed by atoms with Crippen molar-refractivity contribution in [3.63, 3.8) is 0 Å². The molecule has 0 radical (unpaired) electrons. The van der Waals surface area contributed by atoms with Crippen molar-refractivity contribution in [2.75, 3.05) is 61.5 Å². The van der Waals surface area contributed by atoms with Gasteiger partial charge < -0.3 is 35.1 Å². The highest BCUT2D eigenvalue weighted by Crippen LogP contribution is 2.38. The molecule has 1 unspecified atom stereocenters. The monoisotopic (exact) mass is 521 g/mol. The molecule has 6 rings (SSSR count). The van der Waals surface area contributed by atoms with Gasteiger partial charge in [0.2, 0.25) is 5.43 Å². The minimum Gasteiger partial charge on any atom is -0.503 e. The van der Waals surface area contributed by atoms with Crippen LogP contribution in [-0.2, 0) is 0 Å². The number of pyridine rings is 1. The van der Waals surface area contributed by atoms with Crippen molar-refractivity contribution in [3.8, 4) is 11.5 Å². The van der Waals surface area contributed by atoms with Crippen molar-refractivity contribution in [1.29, 1.82) is 0 Å². The maximum absolute atomic E-state index is 14.4. The molecule has 0 aliphatic carbocycles. The zero-order valence-electron chi connectivity index (χ0n) is 21.3. The zero-order valence-corrected chi connectivity index (χ0v) is 21.3. The average molecular weight is 522 g/mol. The first-order valence-corrected chi connectivity index (χ1v) is 13.0. The molecule has 4 heterocycles. The number of methoxy groups -OCH3 is 1. The molecule has 200 valence electrons. The number of benzene rings is 2. The number of H-pyrrole nitrogens is 1. The first-order valence-electron chi connectivity index (χ1n) is 13.0. The number of hydrogen-bond donors (Lipinski definition) is 4. The molecule has 9 nitrogen and oxygen atoms in total. The highest BCUT2D eigenvalue weighted by Gasteiger charge is 2.30. The Morgan fingerprint density at radius 2 is 1.76 bits per heavy atom. The molecule has 3 aliphatic rings. The number of halogens is 1. The molecule has 2 fully saturated rings. The molecule has 4 N–H and O–H groups in total. The third kappa shape index (κ3) is 4.33. The number of aromatic nitrogens is 1. The van der Waals surface area contributed by atoms with Gasteiger partial charge >= 0.3 is 0 Å². The number of rotatable bonds is 4. The van der Waals surface area contributed by atoms with Gasteiger partial charge in [-0.2, -0.15) is 0 Å². The van der Waals surface area contributed by atoms with Gasteiger partial charge in [0.15, 0.2) is 5.75 Å². The smallest absolute Gasteiger partial charge is 0.233 e. The van der Waals surface area contributed by atoms with Crippen molar-refractivity contribution in [1.82, 2.24) is 9.88 Å². The molecule has 38 heavy (non-hydrogen) atoms. The number of nitrogens with zero attached hydrogens (tertiary/aromatic N) is 3. The fourth-order valence-electron chi connectivity index (χ4n) is 6.00. The van der Waals surface area contributed by atoms with Crippen LogP contribution in [0.25, 0.3) is 17.0 Å². The van der Waals surface area contributed by atoms with Crippen LogP contribution in [0.5, 0.6) is 11.5 Å². The third-order valence-corrected chi connectivity index (χ3v) is 8.03. The Morgan fingerprint density at radius 1 is 1.03 bits per heavy atom. The number of anilines is 3. The Labute approximate surface area is 219 Å². The van der Waals surface area contributed by atoms with Crippen LogP contribution in [-0.4, -0.2) is 78.7 Å². The van der Waals surface area contributed by atoms with Crippen LogP contribution in [0.15, 0.2) is 41.3 Å². The maximum Gasteiger partial charge on any atom is 0.233 e. The van der Waals surface area contributed by atoms with E-state index in [1.165, 1.54) is 12.3 Å². The van der Waals surface area contributed by atoms with E-state index in [4.69, 9.17) is 4.74 Å². The van der Waals surface area contributed by atoms with Crippen molar-refractivity contribution in [3.05, 3.63) is 58.1 Å². The van der Waals surface area contributed by atoms with Gasteiger partial charge in [-0.25, -0.2) is 4.39 Å². The van der Waals surface area contributed by atoms with E-state index in [2.05, 4.69) is 25.0 Å². The summed E-state index contributed by atoms with van der Waals surface area (Å²) in [5.74, 6) is -0.322. The van der Waals surface area contributed by atoms with Crippen LogP contribution >= 0.6 is 0 Å². The topological polar surface area (TPSA) is 104 Å². The Bertz CT molecular complexity index is 1440. The number of fused-ring (bicyclic) bond motifs is 2. The summed E-state index contributed by atoms with van der Waals surface area (Å²) in [4.78, 5) is 22.3. The number of piperidine rings is 1. The van der Waals surface area contributed by atoms with Gasteiger partial charge in [0, 0.05) is 63.1 Å². The van der Waals surface area contributed by atoms with E-state index in [1.807, 2.05) is 18.2 Å². The highest BCUT2D eigenvalue weighted by molar-refractivity contribution is 5.92. The largest absolute Gasteiger partial charge is 0.503 e. The van der Waals surface area contributed by atoms with Gasteiger partial charge in [0.1, 0.15) is 17.8 Å². The van der Waals surface area contributed by atoms with Crippen LogP contribution in [0.4, 0.5) is 21.5 Å². The van der Waals surface area contributed by atoms with Crippen molar-refractivity contribution < 1.29 is 19.3 Å². The van der Waals surface area contributed by atoms with Gasteiger partial charge in [0.25, 0.3) is 0 Å². The van der Waals surface area contributed by atoms with Gasteiger partial charge in [0.05, 0.1) is 35.1 Å². The normalized spacial score (nSPS) is 20.4. The number of ether oxygens (including phenoxy) is 1. The van der Waals surface area contributed by atoms with Crippen LogP contribution in [0.3, 0.4) is 0 Å². The van der Waals surface area contributed by atoms with Gasteiger partial charge in [-0.1, -0.05) is 6.08 Å². The summed E-state index contributed by atoms with van der Waals surface area (Å²) >= 11 is 0. The molecule has 3 aromatic rings. The quantitative estimate of drug-likeness (QED) is 0.416. The molecule has 0 amide bonds. The van der Waals surface area contributed by atoms with E-state index < -0.39 is 23.2 Å². The Morgan fingerprint density at radius 3 is 2.50 bits per heavy atom. The number of aliphatic hydroxyl groups is 1. The molecular weight excluding hydrogens is 489 g/mol. The fraction of sp³-hybridized carbons (Fsp3) is 0.393. The van der Waals surface area contributed by atoms with Crippen LogP contribution in [0, 0.1) is 5.82 Å². The van der Waals surface area contributed by atoms with Crippen LogP contribution in [0.1, 0.15) is 18.4 Å². The fourth-order valence-corrected chi connectivity index (χ4v) is 6.00. The summed E-state index contributed by atoms with van der Waals surface area (Å²) in [5.41, 5.74) is 3.50. The molecule has 3 aliphatic heterocycles. The molecule has 2 aromatic carbocycles. The molecule has 0 bridgehead atoms. The number of aromatic amines is 1. The zero-order chi connectivity index (χ0) is 26.4. The van der Waals surface area contributed by atoms with Crippen LogP contribution < -0.4 is 25.3 Å². The number of nitrogens with one attached hydrogen (secondary N) is 2. The molecule has 0 saturated carbocycles. The van der Waals surface area contributed by atoms with E-state index in [9.17, 15) is 19.4 Å².